The minimum absolute atomic E-state index is 0. The average molecular weight is 566 g/mol. The lowest BCUT2D eigenvalue weighted by Gasteiger charge is -2.24. The van der Waals surface area contributed by atoms with E-state index in [0.29, 0.717) is 19.8 Å². The van der Waals surface area contributed by atoms with E-state index in [1.807, 2.05) is 0 Å². The summed E-state index contributed by atoms with van der Waals surface area (Å²) < 4.78 is 24.8. The van der Waals surface area contributed by atoms with E-state index in [4.69, 9.17) is 18.9 Å². The van der Waals surface area contributed by atoms with Crippen molar-refractivity contribution in [2.45, 2.75) is 149 Å². The highest BCUT2D eigenvalue weighted by molar-refractivity contribution is 4.60. The number of hydrogen-bond donors (Lipinski definition) is 0. The molecular formula is C32H68ClNO4. The number of ether oxygens (including phenoxy) is 4. The minimum Gasteiger partial charge on any atom is -1.00 e. The third-order valence-corrected chi connectivity index (χ3v) is 6.97. The molecule has 0 rings (SSSR count). The van der Waals surface area contributed by atoms with Crippen LogP contribution in [-0.4, -0.2) is 77.6 Å². The van der Waals surface area contributed by atoms with Gasteiger partial charge in [-0.2, -0.15) is 0 Å². The molecule has 0 aromatic heterocycles. The molecule has 0 saturated carbocycles. The van der Waals surface area contributed by atoms with Crippen LogP contribution in [0, 0.1) is 0 Å². The van der Waals surface area contributed by atoms with Crippen LogP contribution in [-0.2, 0) is 18.9 Å². The number of rotatable bonds is 30. The Balaban J connectivity index is 0. The highest BCUT2D eigenvalue weighted by Gasteiger charge is 2.14. The molecule has 0 heterocycles. The summed E-state index contributed by atoms with van der Waals surface area (Å²) in [5, 5.41) is 0. The van der Waals surface area contributed by atoms with Crippen molar-refractivity contribution in [2.24, 2.45) is 0 Å². The first kappa shape index (κ1) is 40.2. The zero-order valence-corrected chi connectivity index (χ0v) is 27.3. The van der Waals surface area contributed by atoms with Gasteiger partial charge in [-0.05, 0) is 19.3 Å². The smallest absolute Gasteiger partial charge is 0.157 e. The van der Waals surface area contributed by atoms with Crippen molar-refractivity contribution < 1.29 is 35.8 Å². The molecule has 5 nitrogen and oxygen atoms in total. The summed E-state index contributed by atoms with van der Waals surface area (Å²) in [6, 6.07) is 0. The van der Waals surface area contributed by atoms with Gasteiger partial charge in [0.15, 0.2) is 6.29 Å². The fraction of sp³-hybridized carbons (Fsp3) is 1.00. The summed E-state index contributed by atoms with van der Waals surface area (Å²) >= 11 is 0. The van der Waals surface area contributed by atoms with Crippen LogP contribution in [0.5, 0.6) is 0 Å². The average Bonchev–Trinajstić information content (AvgIpc) is 2.86. The molecule has 0 spiro atoms. The third-order valence-electron chi connectivity index (χ3n) is 6.97. The standard InChI is InChI=1S/C32H68NO4.ClH/c1-7-10-12-13-14-15-16-17-18-19-20-21-22-23-24-31(35-26-11-8-2)30-37-32(9-3)36-29-28-34-27-25-33(4,5)6;/h31-32H,7-30H2,1-6H3;1H/q+1;/p-1. The van der Waals surface area contributed by atoms with Gasteiger partial charge in [0.2, 0.25) is 0 Å². The van der Waals surface area contributed by atoms with Crippen LogP contribution >= 0.6 is 0 Å². The second-order valence-electron chi connectivity index (χ2n) is 11.9. The number of quaternary nitrogens is 1. The SMILES string of the molecule is CCCCCCCCCCCCCCCCC(COC(CC)OCCOCC[N+](C)(C)C)OCCCC.[Cl-]. The van der Waals surface area contributed by atoms with Gasteiger partial charge >= 0.3 is 0 Å². The summed E-state index contributed by atoms with van der Waals surface area (Å²) in [4.78, 5) is 0. The van der Waals surface area contributed by atoms with Crippen molar-refractivity contribution in [3.63, 3.8) is 0 Å². The Morgan fingerprint density at radius 3 is 1.55 bits per heavy atom. The lowest BCUT2D eigenvalue weighted by atomic mass is 10.0. The first-order valence-electron chi connectivity index (χ1n) is 16.2. The van der Waals surface area contributed by atoms with E-state index in [-0.39, 0.29) is 24.8 Å². The van der Waals surface area contributed by atoms with E-state index in [1.54, 1.807) is 0 Å². The van der Waals surface area contributed by atoms with E-state index in [1.165, 1.54) is 96.3 Å². The molecule has 0 radical (unpaired) electrons. The van der Waals surface area contributed by atoms with Gasteiger partial charge in [-0.15, -0.1) is 0 Å². The topological polar surface area (TPSA) is 36.9 Å². The molecule has 38 heavy (non-hydrogen) atoms. The molecule has 0 bridgehead atoms. The number of nitrogens with zero attached hydrogens (tertiary/aromatic N) is 1. The van der Waals surface area contributed by atoms with E-state index >= 15 is 0 Å². The third kappa shape index (κ3) is 30.6. The van der Waals surface area contributed by atoms with Crippen molar-refractivity contribution in [3.8, 4) is 0 Å². The summed E-state index contributed by atoms with van der Waals surface area (Å²) in [7, 11) is 6.54. The van der Waals surface area contributed by atoms with E-state index in [0.717, 1.165) is 43.5 Å². The van der Waals surface area contributed by atoms with Crippen molar-refractivity contribution in [1.82, 2.24) is 0 Å². The fourth-order valence-electron chi connectivity index (χ4n) is 4.35. The van der Waals surface area contributed by atoms with Gasteiger partial charge in [0.05, 0.1) is 53.7 Å². The molecule has 232 valence electrons. The largest absolute Gasteiger partial charge is 1.00 e. The number of halogens is 1. The molecule has 0 aromatic rings. The Morgan fingerprint density at radius 1 is 0.526 bits per heavy atom. The van der Waals surface area contributed by atoms with Gasteiger partial charge in [-0.3, -0.25) is 0 Å². The van der Waals surface area contributed by atoms with Crippen molar-refractivity contribution in [1.29, 1.82) is 0 Å². The van der Waals surface area contributed by atoms with Gasteiger partial charge in [0.25, 0.3) is 0 Å². The van der Waals surface area contributed by atoms with Gasteiger partial charge in [-0.1, -0.05) is 117 Å². The Bertz CT molecular complexity index is 448. The Morgan fingerprint density at radius 2 is 1.05 bits per heavy atom. The zero-order chi connectivity index (χ0) is 27.5. The number of unbranched alkanes of at least 4 members (excludes halogenated alkanes) is 14. The lowest BCUT2D eigenvalue weighted by molar-refractivity contribution is -0.870. The van der Waals surface area contributed by atoms with E-state index in [9.17, 15) is 0 Å². The second kappa shape index (κ2) is 30.1. The van der Waals surface area contributed by atoms with Crippen LogP contribution in [0.1, 0.15) is 136 Å². The maximum Gasteiger partial charge on any atom is 0.157 e. The first-order chi connectivity index (χ1) is 17.9. The quantitative estimate of drug-likeness (QED) is 0.0651. The molecule has 0 aromatic carbocycles. The minimum atomic E-state index is -0.171. The summed E-state index contributed by atoms with van der Waals surface area (Å²) in [5.41, 5.74) is 0. The van der Waals surface area contributed by atoms with Gasteiger partial charge < -0.3 is 35.8 Å². The normalized spacial score (nSPS) is 13.4. The molecule has 2 atom stereocenters. The van der Waals surface area contributed by atoms with Crippen LogP contribution in [0.15, 0.2) is 0 Å². The summed E-state index contributed by atoms with van der Waals surface area (Å²) in [6.07, 6.45) is 23.8. The molecule has 0 saturated heterocycles. The molecule has 0 aliphatic heterocycles. The maximum atomic E-state index is 6.17. The first-order valence-corrected chi connectivity index (χ1v) is 16.2. The van der Waals surface area contributed by atoms with Crippen LogP contribution in [0.25, 0.3) is 0 Å². The van der Waals surface area contributed by atoms with Crippen molar-refractivity contribution in [3.05, 3.63) is 0 Å². The van der Waals surface area contributed by atoms with Crippen LogP contribution in [0.2, 0.25) is 0 Å². The van der Waals surface area contributed by atoms with Crippen LogP contribution in [0.3, 0.4) is 0 Å². The molecule has 0 aliphatic carbocycles. The van der Waals surface area contributed by atoms with E-state index in [2.05, 4.69) is 41.9 Å². The van der Waals surface area contributed by atoms with Crippen molar-refractivity contribution >= 4 is 0 Å². The predicted octanol–water partition coefficient (Wildman–Crippen LogP) is 5.54. The number of likely N-dealkylation sites (N-methyl/N-ethyl adjacent to an activating group) is 1. The second-order valence-corrected chi connectivity index (χ2v) is 11.9. The van der Waals surface area contributed by atoms with E-state index < -0.39 is 0 Å². The summed E-state index contributed by atoms with van der Waals surface area (Å²) in [6.45, 7) is 11.0. The Hall–Kier alpha value is 0.0900. The summed E-state index contributed by atoms with van der Waals surface area (Å²) in [5.74, 6) is 0. The maximum absolute atomic E-state index is 6.17. The fourth-order valence-corrected chi connectivity index (χ4v) is 4.35. The van der Waals surface area contributed by atoms with Gasteiger partial charge in [-0.25, -0.2) is 0 Å². The zero-order valence-electron chi connectivity index (χ0n) is 26.6. The van der Waals surface area contributed by atoms with Crippen molar-refractivity contribution in [2.75, 3.05) is 60.7 Å². The predicted molar refractivity (Wildman–Crippen MR) is 159 cm³/mol. The van der Waals surface area contributed by atoms with Gasteiger partial charge in [0.1, 0.15) is 6.54 Å². The molecule has 0 amide bonds. The molecule has 0 aliphatic rings. The molecule has 2 unspecified atom stereocenters. The Kier molecular flexibility index (Phi) is 31.8. The molecular weight excluding hydrogens is 498 g/mol. The monoisotopic (exact) mass is 565 g/mol. The molecule has 0 fully saturated rings. The van der Waals surface area contributed by atoms with Crippen LogP contribution in [0.4, 0.5) is 0 Å². The number of hydrogen-bond acceptors (Lipinski definition) is 4. The Labute approximate surface area is 245 Å². The highest BCUT2D eigenvalue weighted by Crippen LogP contribution is 2.15. The molecule has 6 heteroatoms. The van der Waals surface area contributed by atoms with Crippen LogP contribution < -0.4 is 12.4 Å². The van der Waals surface area contributed by atoms with Gasteiger partial charge in [0, 0.05) is 6.61 Å². The lowest BCUT2D eigenvalue weighted by Crippen LogP contribution is -3.00. The highest BCUT2D eigenvalue weighted by atomic mass is 35.5. The molecule has 0 N–H and O–H groups in total.